The number of anilines is 1. The lowest BCUT2D eigenvalue weighted by molar-refractivity contribution is 0.0556. The zero-order valence-electron chi connectivity index (χ0n) is 14.5. The van der Waals surface area contributed by atoms with Crippen LogP contribution in [0.5, 0.6) is 0 Å². The number of esters is 2. The number of hydrogen-bond acceptors (Lipinski definition) is 5. The molecule has 0 aromatic heterocycles. The predicted octanol–water partition coefficient (Wildman–Crippen LogP) is 3.53. The lowest BCUT2D eigenvalue weighted by Gasteiger charge is -2.23. The van der Waals surface area contributed by atoms with Gasteiger partial charge in [-0.3, -0.25) is 0 Å². The third kappa shape index (κ3) is 3.36. The molecular formula is C20H21NO4. The van der Waals surface area contributed by atoms with Crippen LogP contribution in [0.15, 0.2) is 42.5 Å². The second kappa shape index (κ2) is 7.38. The van der Waals surface area contributed by atoms with Crippen LogP contribution < -0.4 is 4.90 Å². The monoisotopic (exact) mass is 339 g/mol. The highest BCUT2D eigenvalue weighted by Crippen LogP contribution is 2.34. The standard InChI is InChI=1S/C20H21NO4/c1-24-19(22)16-12-15(14-8-4-3-5-9-14)13-17(18(16)20(23)25-2)21-10-6-7-11-21/h3-5,8-9,12-13H,6-7,10-11H2,1-2H3. The number of nitrogens with zero attached hydrogens (tertiary/aromatic N) is 1. The van der Waals surface area contributed by atoms with E-state index in [1.165, 1.54) is 14.2 Å². The molecule has 1 saturated heterocycles. The largest absolute Gasteiger partial charge is 0.465 e. The third-order valence-corrected chi connectivity index (χ3v) is 4.47. The van der Waals surface area contributed by atoms with Gasteiger partial charge in [-0.2, -0.15) is 0 Å². The maximum absolute atomic E-state index is 12.4. The molecule has 0 unspecified atom stereocenters. The van der Waals surface area contributed by atoms with Gasteiger partial charge in [0, 0.05) is 13.1 Å². The first-order valence-electron chi connectivity index (χ1n) is 8.30. The Labute approximate surface area is 147 Å². The van der Waals surface area contributed by atoms with Crippen LogP contribution in [-0.4, -0.2) is 39.2 Å². The van der Waals surface area contributed by atoms with Crippen LogP contribution in [0.25, 0.3) is 11.1 Å². The van der Waals surface area contributed by atoms with E-state index in [4.69, 9.17) is 9.47 Å². The lowest BCUT2D eigenvalue weighted by atomic mass is 9.96. The number of rotatable bonds is 4. The van der Waals surface area contributed by atoms with Crippen molar-refractivity contribution < 1.29 is 19.1 Å². The molecule has 0 saturated carbocycles. The van der Waals surface area contributed by atoms with Gasteiger partial charge >= 0.3 is 11.9 Å². The molecule has 5 heteroatoms. The van der Waals surface area contributed by atoms with Crippen LogP contribution in [0, 0.1) is 0 Å². The topological polar surface area (TPSA) is 55.8 Å². The van der Waals surface area contributed by atoms with Crippen molar-refractivity contribution in [2.24, 2.45) is 0 Å². The van der Waals surface area contributed by atoms with Gasteiger partial charge in [-0.05, 0) is 36.1 Å². The summed E-state index contributed by atoms with van der Waals surface area (Å²) in [6.07, 6.45) is 2.12. The van der Waals surface area contributed by atoms with Gasteiger partial charge in [0.25, 0.3) is 0 Å². The second-order valence-electron chi connectivity index (χ2n) is 5.96. The molecule has 0 amide bonds. The molecule has 3 rings (SSSR count). The predicted molar refractivity (Wildman–Crippen MR) is 96.0 cm³/mol. The van der Waals surface area contributed by atoms with E-state index in [2.05, 4.69) is 4.90 Å². The van der Waals surface area contributed by atoms with Gasteiger partial charge in [0.15, 0.2) is 0 Å². The van der Waals surface area contributed by atoms with Crippen LogP contribution in [0.2, 0.25) is 0 Å². The van der Waals surface area contributed by atoms with Crippen molar-refractivity contribution >= 4 is 17.6 Å². The van der Waals surface area contributed by atoms with Crippen molar-refractivity contribution in [3.05, 3.63) is 53.6 Å². The number of carbonyl (C=O) groups excluding carboxylic acids is 2. The van der Waals surface area contributed by atoms with E-state index >= 15 is 0 Å². The number of carbonyl (C=O) groups is 2. The summed E-state index contributed by atoms with van der Waals surface area (Å²) in [6.45, 7) is 1.70. The minimum absolute atomic E-state index is 0.234. The quantitative estimate of drug-likeness (QED) is 0.798. The van der Waals surface area contributed by atoms with E-state index in [-0.39, 0.29) is 11.1 Å². The zero-order valence-corrected chi connectivity index (χ0v) is 14.5. The Morgan fingerprint density at radius 1 is 0.880 bits per heavy atom. The summed E-state index contributed by atoms with van der Waals surface area (Å²) in [4.78, 5) is 26.9. The Hall–Kier alpha value is -2.82. The summed E-state index contributed by atoms with van der Waals surface area (Å²) in [5, 5.41) is 0. The number of methoxy groups -OCH3 is 2. The molecular weight excluding hydrogens is 318 g/mol. The van der Waals surface area contributed by atoms with E-state index in [9.17, 15) is 9.59 Å². The zero-order chi connectivity index (χ0) is 17.8. The van der Waals surface area contributed by atoms with Gasteiger partial charge in [0.1, 0.15) is 0 Å². The van der Waals surface area contributed by atoms with Crippen molar-refractivity contribution in [2.75, 3.05) is 32.2 Å². The van der Waals surface area contributed by atoms with Crippen molar-refractivity contribution in [3.8, 4) is 11.1 Å². The SMILES string of the molecule is COC(=O)c1cc(-c2ccccc2)cc(N2CCCC2)c1C(=O)OC. The Bertz CT molecular complexity index is 780. The van der Waals surface area contributed by atoms with Crippen LogP contribution in [0.3, 0.4) is 0 Å². The lowest BCUT2D eigenvalue weighted by Crippen LogP contribution is -2.23. The van der Waals surface area contributed by atoms with E-state index < -0.39 is 11.9 Å². The van der Waals surface area contributed by atoms with E-state index in [0.29, 0.717) is 0 Å². The summed E-state index contributed by atoms with van der Waals surface area (Å²) in [5.74, 6) is -1.07. The van der Waals surface area contributed by atoms with Gasteiger partial charge in [-0.25, -0.2) is 9.59 Å². The molecule has 2 aromatic rings. The van der Waals surface area contributed by atoms with Gasteiger partial charge in [0.05, 0.1) is 31.0 Å². The number of hydrogen-bond donors (Lipinski definition) is 0. The van der Waals surface area contributed by atoms with Crippen LogP contribution in [0.4, 0.5) is 5.69 Å². The Morgan fingerprint density at radius 2 is 1.52 bits per heavy atom. The van der Waals surface area contributed by atoms with E-state index in [0.717, 1.165) is 42.7 Å². The minimum atomic E-state index is -0.543. The normalized spacial score (nSPS) is 13.6. The minimum Gasteiger partial charge on any atom is -0.465 e. The van der Waals surface area contributed by atoms with E-state index in [1.54, 1.807) is 6.07 Å². The Balaban J connectivity index is 2.24. The highest BCUT2D eigenvalue weighted by molar-refractivity contribution is 6.08. The van der Waals surface area contributed by atoms with Crippen molar-refractivity contribution in [1.82, 2.24) is 0 Å². The molecule has 0 spiro atoms. The fourth-order valence-corrected chi connectivity index (χ4v) is 3.22. The first-order valence-corrected chi connectivity index (χ1v) is 8.30. The van der Waals surface area contributed by atoms with Gasteiger partial charge in [-0.15, -0.1) is 0 Å². The summed E-state index contributed by atoms with van der Waals surface area (Å²) in [6, 6.07) is 13.4. The van der Waals surface area contributed by atoms with Crippen molar-refractivity contribution in [2.45, 2.75) is 12.8 Å². The maximum atomic E-state index is 12.4. The molecule has 0 N–H and O–H groups in total. The highest BCUT2D eigenvalue weighted by Gasteiger charge is 2.27. The molecule has 0 aliphatic carbocycles. The van der Waals surface area contributed by atoms with Crippen molar-refractivity contribution in [3.63, 3.8) is 0 Å². The molecule has 130 valence electrons. The first-order chi connectivity index (χ1) is 12.2. The highest BCUT2D eigenvalue weighted by atomic mass is 16.5. The molecule has 0 atom stereocenters. The molecule has 0 bridgehead atoms. The van der Waals surface area contributed by atoms with Gasteiger partial charge < -0.3 is 14.4 Å². The Morgan fingerprint density at radius 3 is 2.12 bits per heavy atom. The fourth-order valence-electron chi connectivity index (χ4n) is 3.22. The van der Waals surface area contributed by atoms with Gasteiger partial charge in [0.2, 0.25) is 0 Å². The third-order valence-electron chi connectivity index (χ3n) is 4.47. The summed E-state index contributed by atoms with van der Waals surface area (Å²) in [5.41, 5.74) is 3.08. The summed E-state index contributed by atoms with van der Waals surface area (Å²) >= 11 is 0. The molecule has 2 aromatic carbocycles. The van der Waals surface area contributed by atoms with Gasteiger partial charge in [-0.1, -0.05) is 30.3 Å². The second-order valence-corrected chi connectivity index (χ2v) is 5.96. The molecule has 1 aliphatic heterocycles. The molecule has 1 heterocycles. The molecule has 1 aliphatic rings. The smallest absolute Gasteiger partial charge is 0.340 e. The molecule has 5 nitrogen and oxygen atoms in total. The molecule has 1 fully saturated rings. The Kier molecular flexibility index (Phi) is 5.03. The van der Waals surface area contributed by atoms with E-state index in [1.807, 2.05) is 36.4 Å². The van der Waals surface area contributed by atoms with Crippen LogP contribution in [-0.2, 0) is 9.47 Å². The molecule has 0 radical (unpaired) electrons. The molecule has 25 heavy (non-hydrogen) atoms. The fraction of sp³-hybridized carbons (Fsp3) is 0.300. The van der Waals surface area contributed by atoms with Crippen molar-refractivity contribution in [1.29, 1.82) is 0 Å². The average molecular weight is 339 g/mol. The summed E-state index contributed by atoms with van der Waals surface area (Å²) < 4.78 is 9.86. The average Bonchev–Trinajstić information content (AvgIpc) is 3.21. The number of ether oxygens (including phenoxy) is 2. The first kappa shape index (κ1) is 17.0. The maximum Gasteiger partial charge on any atom is 0.340 e. The van der Waals surface area contributed by atoms with Crippen LogP contribution in [0.1, 0.15) is 33.6 Å². The number of benzene rings is 2. The summed E-state index contributed by atoms with van der Waals surface area (Å²) in [7, 11) is 2.64. The van der Waals surface area contributed by atoms with Crippen LogP contribution >= 0.6 is 0 Å².